The van der Waals surface area contributed by atoms with E-state index in [1.807, 2.05) is 0 Å². The maximum absolute atomic E-state index is 13.0. The fraction of sp³-hybridized carbons (Fsp3) is 0.861. The second kappa shape index (κ2) is 32.1. The highest BCUT2D eigenvalue weighted by Gasteiger charge is 2.17. The average molecular weight is 563 g/mol. The van der Waals surface area contributed by atoms with Crippen LogP contribution in [0.2, 0.25) is 0 Å². The second-order valence-electron chi connectivity index (χ2n) is 12.1. The molecule has 0 aliphatic carbocycles. The first-order valence-electron chi connectivity index (χ1n) is 17.4. The van der Waals surface area contributed by atoms with Crippen molar-refractivity contribution in [1.82, 2.24) is 0 Å². The smallest absolute Gasteiger partial charge is 0.303 e. The standard InChI is InChI=1S/C36H66O4/c1-2-3-4-5-6-7-8-9-10-11-12-13-17-20-26-31-35(38)34(30-25-22-23-28-33-37)29-24-19-16-14-15-18-21-27-32-36(39)40/h9-10,33-34H,2-8,11-32H2,1H3,(H,39,40)/b10-9-. The number of rotatable bonds is 33. The van der Waals surface area contributed by atoms with Crippen molar-refractivity contribution < 1.29 is 19.5 Å². The third kappa shape index (κ3) is 29.5. The first-order chi connectivity index (χ1) is 19.6. The Bertz CT molecular complexity index is 598. The number of carbonyl (C=O) groups is 3. The van der Waals surface area contributed by atoms with Gasteiger partial charge in [0, 0.05) is 25.2 Å². The van der Waals surface area contributed by atoms with Crippen molar-refractivity contribution in [2.45, 2.75) is 193 Å². The van der Waals surface area contributed by atoms with E-state index >= 15 is 0 Å². The summed E-state index contributed by atoms with van der Waals surface area (Å²) in [5.41, 5.74) is 0. The maximum atomic E-state index is 13.0. The molecule has 234 valence electrons. The van der Waals surface area contributed by atoms with Gasteiger partial charge in [0.15, 0.2) is 0 Å². The Balaban J connectivity index is 3.92. The van der Waals surface area contributed by atoms with Gasteiger partial charge in [-0.3, -0.25) is 9.59 Å². The Hall–Kier alpha value is -1.45. The number of aldehydes is 1. The summed E-state index contributed by atoms with van der Waals surface area (Å²) < 4.78 is 0. The first kappa shape index (κ1) is 38.5. The van der Waals surface area contributed by atoms with E-state index in [-0.39, 0.29) is 5.92 Å². The van der Waals surface area contributed by atoms with Crippen LogP contribution in [0, 0.1) is 5.92 Å². The maximum Gasteiger partial charge on any atom is 0.303 e. The summed E-state index contributed by atoms with van der Waals surface area (Å²) in [4.78, 5) is 34.1. The summed E-state index contributed by atoms with van der Waals surface area (Å²) in [5, 5.41) is 8.70. The Morgan fingerprint density at radius 2 is 0.925 bits per heavy atom. The molecule has 0 saturated carbocycles. The molecule has 4 heteroatoms. The Morgan fingerprint density at radius 3 is 1.43 bits per heavy atom. The van der Waals surface area contributed by atoms with Gasteiger partial charge in [-0.1, -0.05) is 128 Å². The molecule has 0 aliphatic rings. The van der Waals surface area contributed by atoms with E-state index in [4.69, 9.17) is 5.11 Å². The zero-order chi connectivity index (χ0) is 29.4. The molecule has 0 aliphatic heterocycles. The highest BCUT2D eigenvalue weighted by atomic mass is 16.4. The van der Waals surface area contributed by atoms with Crippen LogP contribution in [0.5, 0.6) is 0 Å². The van der Waals surface area contributed by atoms with Gasteiger partial charge in [-0.05, 0) is 57.8 Å². The Morgan fingerprint density at radius 1 is 0.525 bits per heavy atom. The van der Waals surface area contributed by atoms with Crippen LogP contribution in [-0.2, 0) is 14.4 Å². The van der Waals surface area contributed by atoms with Crippen LogP contribution >= 0.6 is 0 Å². The predicted molar refractivity (Wildman–Crippen MR) is 171 cm³/mol. The van der Waals surface area contributed by atoms with E-state index in [0.717, 1.165) is 76.9 Å². The van der Waals surface area contributed by atoms with E-state index in [1.165, 1.54) is 103 Å². The molecule has 0 heterocycles. The van der Waals surface area contributed by atoms with Crippen molar-refractivity contribution in [3.63, 3.8) is 0 Å². The minimum Gasteiger partial charge on any atom is -0.481 e. The first-order valence-corrected chi connectivity index (χ1v) is 17.4. The SMILES string of the molecule is CCCCCCCC/C=C\CCCCCCCC(=O)C(CCCCCC=O)CCCCCCCCCCC(=O)O. The molecular weight excluding hydrogens is 496 g/mol. The third-order valence-corrected chi connectivity index (χ3v) is 8.21. The highest BCUT2D eigenvalue weighted by molar-refractivity contribution is 5.80. The zero-order valence-electron chi connectivity index (χ0n) is 26.5. The lowest BCUT2D eigenvalue weighted by Crippen LogP contribution is -2.14. The highest BCUT2D eigenvalue weighted by Crippen LogP contribution is 2.22. The number of carboxylic acid groups (broad SMARTS) is 1. The minimum absolute atomic E-state index is 0.212. The van der Waals surface area contributed by atoms with E-state index in [2.05, 4.69) is 19.1 Å². The monoisotopic (exact) mass is 562 g/mol. The molecule has 0 aromatic rings. The number of unbranched alkanes of at least 4 members (excludes halogenated alkanes) is 21. The van der Waals surface area contributed by atoms with Gasteiger partial charge in [0.1, 0.15) is 12.1 Å². The number of ketones is 1. The number of carbonyl (C=O) groups excluding carboxylic acids is 2. The number of aliphatic carboxylic acids is 1. The van der Waals surface area contributed by atoms with Gasteiger partial charge >= 0.3 is 5.97 Å². The number of Topliss-reactive ketones (excluding diaryl/α,β-unsaturated/α-hetero) is 1. The molecule has 0 amide bonds. The van der Waals surface area contributed by atoms with E-state index in [0.29, 0.717) is 18.6 Å². The molecule has 0 bridgehead atoms. The molecule has 0 saturated heterocycles. The van der Waals surface area contributed by atoms with Crippen LogP contribution < -0.4 is 0 Å². The molecule has 1 unspecified atom stereocenters. The number of allylic oxidation sites excluding steroid dienone is 2. The zero-order valence-corrected chi connectivity index (χ0v) is 26.5. The van der Waals surface area contributed by atoms with Gasteiger partial charge in [-0.25, -0.2) is 0 Å². The van der Waals surface area contributed by atoms with Gasteiger partial charge < -0.3 is 9.90 Å². The van der Waals surface area contributed by atoms with Crippen molar-refractivity contribution >= 4 is 18.0 Å². The summed E-state index contributed by atoms with van der Waals surface area (Å²) in [6, 6.07) is 0. The van der Waals surface area contributed by atoms with Crippen molar-refractivity contribution in [1.29, 1.82) is 0 Å². The lowest BCUT2D eigenvalue weighted by atomic mass is 9.88. The fourth-order valence-corrected chi connectivity index (χ4v) is 5.56. The van der Waals surface area contributed by atoms with Gasteiger partial charge in [-0.2, -0.15) is 0 Å². The third-order valence-electron chi connectivity index (χ3n) is 8.21. The molecule has 4 nitrogen and oxygen atoms in total. The van der Waals surface area contributed by atoms with Gasteiger partial charge in [0.25, 0.3) is 0 Å². The van der Waals surface area contributed by atoms with E-state index in [9.17, 15) is 14.4 Å². The van der Waals surface area contributed by atoms with Crippen LogP contribution in [0.25, 0.3) is 0 Å². The van der Waals surface area contributed by atoms with Crippen LogP contribution in [0.3, 0.4) is 0 Å². The number of hydrogen-bond acceptors (Lipinski definition) is 3. The topological polar surface area (TPSA) is 71.4 Å². The number of carboxylic acids is 1. The van der Waals surface area contributed by atoms with E-state index in [1.54, 1.807) is 0 Å². The molecule has 1 atom stereocenters. The molecular formula is C36H66O4. The second-order valence-corrected chi connectivity index (χ2v) is 12.1. The molecule has 1 N–H and O–H groups in total. The van der Waals surface area contributed by atoms with Crippen LogP contribution in [0.1, 0.15) is 193 Å². The van der Waals surface area contributed by atoms with E-state index < -0.39 is 5.97 Å². The molecule has 40 heavy (non-hydrogen) atoms. The van der Waals surface area contributed by atoms with Crippen LogP contribution in [0.4, 0.5) is 0 Å². The largest absolute Gasteiger partial charge is 0.481 e. The fourth-order valence-electron chi connectivity index (χ4n) is 5.56. The van der Waals surface area contributed by atoms with Crippen molar-refractivity contribution in [2.75, 3.05) is 0 Å². The van der Waals surface area contributed by atoms with Crippen molar-refractivity contribution in [3.05, 3.63) is 12.2 Å². The lowest BCUT2D eigenvalue weighted by molar-refractivity contribution is -0.137. The molecule has 0 radical (unpaired) electrons. The summed E-state index contributed by atoms with van der Waals surface area (Å²) in [7, 11) is 0. The molecule has 0 fully saturated rings. The Kier molecular flexibility index (Phi) is 30.9. The molecule has 0 aromatic carbocycles. The Labute approximate surface area is 248 Å². The van der Waals surface area contributed by atoms with Crippen molar-refractivity contribution in [3.8, 4) is 0 Å². The van der Waals surface area contributed by atoms with Gasteiger partial charge in [-0.15, -0.1) is 0 Å². The molecule has 0 spiro atoms. The molecule has 0 rings (SSSR count). The molecule has 0 aromatic heterocycles. The van der Waals surface area contributed by atoms with Gasteiger partial charge in [0.2, 0.25) is 0 Å². The quantitative estimate of drug-likeness (QED) is 0.0490. The summed E-state index contributed by atoms with van der Waals surface area (Å²) in [6.45, 7) is 2.27. The summed E-state index contributed by atoms with van der Waals surface area (Å²) in [5.74, 6) is 0.000522. The number of hydrogen-bond donors (Lipinski definition) is 1. The van der Waals surface area contributed by atoms with Crippen LogP contribution in [-0.4, -0.2) is 23.1 Å². The normalized spacial score (nSPS) is 12.2. The van der Waals surface area contributed by atoms with Crippen LogP contribution in [0.15, 0.2) is 12.2 Å². The predicted octanol–water partition coefficient (Wildman–Crippen LogP) is 11.3. The lowest BCUT2D eigenvalue weighted by Gasteiger charge is -2.16. The summed E-state index contributed by atoms with van der Waals surface area (Å²) in [6.07, 6.45) is 38.1. The van der Waals surface area contributed by atoms with Gasteiger partial charge in [0.05, 0.1) is 0 Å². The average Bonchev–Trinajstić information content (AvgIpc) is 2.94. The summed E-state index contributed by atoms with van der Waals surface area (Å²) >= 11 is 0. The minimum atomic E-state index is -0.690. The van der Waals surface area contributed by atoms with Crippen molar-refractivity contribution in [2.24, 2.45) is 5.92 Å².